The molecule has 96 valence electrons. The average molecular weight is 270 g/mol. The van der Waals surface area contributed by atoms with Crippen LogP contribution in [0.5, 0.6) is 0 Å². The van der Waals surface area contributed by atoms with E-state index in [2.05, 4.69) is 23.8 Å². The van der Waals surface area contributed by atoms with Gasteiger partial charge in [0.25, 0.3) is 5.56 Å². The van der Waals surface area contributed by atoms with Crippen LogP contribution in [0.4, 0.5) is 0 Å². The van der Waals surface area contributed by atoms with Gasteiger partial charge in [-0.15, -0.1) is 11.3 Å². The smallest absolute Gasteiger partial charge is 0.260 e. The zero-order chi connectivity index (χ0) is 13.4. The van der Waals surface area contributed by atoms with E-state index in [0.717, 1.165) is 21.3 Å². The van der Waals surface area contributed by atoms with E-state index in [4.69, 9.17) is 0 Å². The molecule has 0 aliphatic heterocycles. The molecule has 0 spiro atoms. The zero-order valence-electron chi connectivity index (χ0n) is 10.8. The van der Waals surface area contributed by atoms with Crippen molar-refractivity contribution in [2.45, 2.75) is 19.8 Å². The minimum atomic E-state index is -0.0474. The Bertz CT molecular complexity index is 772. The minimum Gasteiger partial charge on any atom is -0.306 e. The lowest BCUT2D eigenvalue weighted by molar-refractivity contribution is 0.878. The van der Waals surface area contributed by atoms with Crippen LogP contribution in [-0.2, 0) is 0 Å². The molecule has 2 heterocycles. The van der Waals surface area contributed by atoms with Crippen LogP contribution in [0.15, 0.2) is 40.5 Å². The van der Waals surface area contributed by atoms with Crippen LogP contribution < -0.4 is 5.56 Å². The highest BCUT2D eigenvalue weighted by Gasteiger charge is 2.13. The van der Waals surface area contributed by atoms with Gasteiger partial charge in [-0.05, 0) is 16.9 Å². The summed E-state index contributed by atoms with van der Waals surface area (Å²) in [6, 6.07) is 9.71. The van der Waals surface area contributed by atoms with Gasteiger partial charge >= 0.3 is 0 Å². The van der Waals surface area contributed by atoms with Crippen molar-refractivity contribution in [1.82, 2.24) is 9.97 Å². The molecule has 3 nitrogen and oxygen atoms in total. The number of hydrogen-bond donors (Lipinski definition) is 1. The van der Waals surface area contributed by atoms with Crippen molar-refractivity contribution in [3.05, 3.63) is 51.6 Å². The largest absolute Gasteiger partial charge is 0.306 e. The predicted octanol–water partition coefficient (Wildman–Crippen LogP) is 3.78. The molecule has 1 aromatic carbocycles. The van der Waals surface area contributed by atoms with E-state index in [1.807, 2.05) is 35.7 Å². The van der Waals surface area contributed by atoms with E-state index in [9.17, 15) is 4.79 Å². The maximum absolute atomic E-state index is 12.3. The summed E-state index contributed by atoms with van der Waals surface area (Å²) in [4.78, 5) is 20.5. The number of H-pyrrole nitrogens is 1. The molecule has 1 N–H and O–H groups in total. The molecule has 3 rings (SSSR count). The highest BCUT2D eigenvalue weighted by atomic mass is 32.1. The highest BCUT2D eigenvalue weighted by molar-refractivity contribution is 7.16. The number of hydrogen-bond acceptors (Lipinski definition) is 3. The molecule has 0 unspecified atom stereocenters. The fourth-order valence-electron chi connectivity index (χ4n) is 2.13. The van der Waals surface area contributed by atoms with E-state index < -0.39 is 0 Å². The fraction of sp³-hybridized carbons (Fsp3) is 0.200. The number of benzene rings is 1. The van der Waals surface area contributed by atoms with Crippen molar-refractivity contribution in [3.8, 4) is 11.4 Å². The normalized spacial score (nSPS) is 11.3. The third kappa shape index (κ3) is 2.08. The fourth-order valence-corrected chi connectivity index (χ4v) is 3.23. The maximum atomic E-state index is 12.3. The molecule has 0 aliphatic rings. The van der Waals surface area contributed by atoms with Crippen LogP contribution in [0.25, 0.3) is 21.6 Å². The van der Waals surface area contributed by atoms with E-state index in [1.54, 1.807) is 0 Å². The van der Waals surface area contributed by atoms with Crippen molar-refractivity contribution in [3.63, 3.8) is 0 Å². The van der Waals surface area contributed by atoms with Crippen molar-refractivity contribution >= 4 is 21.6 Å². The molecule has 19 heavy (non-hydrogen) atoms. The first-order chi connectivity index (χ1) is 9.16. The minimum absolute atomic E-state index is 0.0474. The molecule has 2 aromatic heterocycles. The first kappa shape index (κ1) is 12.1. The van der Waals surface area contributed by atoms with Gasteiger partial charge in [-0.2, -0.15) is 0 Å². The number of nitrogens with one attached hydrogen (secondary N) is 1. The van der Waals surface area contributed by atoms with Crippen LogP contribution in [0.2, 0.25) is 0 Å². The Morgan fingerprint density at radius 3 is 2.63 bits per heavy atom. The van der Waals surface area contributed by atoms with E-state index in [1.165, 1.54) is 11.3 Å². The van der Waals surface area contributed by atoms with Gasteiger partial charge in [0.15, 0.2) is 0 Å². The molecule has 0 saturated carbocycles. The Morgan fingerprint density at radius 1 is 1.21 bits per heavy atom. The molecule has 0 bridgehead atoms. The van der Waals surface area contributed by atoms with Gasteiger partial charge in [-0.25, -0.2) is 4.98 Å². The second-order valence-electron chi connectivity index (χ2n) is 4.81. The Balaban J connectivity index is 2.25. The van der Waals surface area contributed by atoms with Crippen LogP contribution >= 0.6 is 11.3 Å². The number of aromatic amines is 1. The second kappa shape index (κ2) is 4.63. The second-order valence-corrected chi connectivity index (χ2v) is 5.66. The summed E-state index contributed by atoms with van der Waals surface area (Å²) in [6.07, 6.45) is 0. The third-order valence-electron chi connectivity index (χ3n) is 3.14. The lowest BCUT2D eigenvalue weighted by Gasteiger charge is -2.03. The monoisotopic (exact) mass is 270 g/mol. The molecule has 0 atom stereocenters. The standard InChI is InChI=1S/C15H14N2OS/c1-9(2)11-8-19-15-12(11)14(18)16-13(17-15)10-6-4-3-5-7-10/h3-9H,1-2H3,(H,16,17,18). The van der Waals surface area contributed by atoms with E-state index >= 15 is 0 Å². The molecule has 0 amide bonds. The number of fused-ring (bicyclic) bond motifs is 1. The Morgan fingerprint density at radius 2 is 1.95 bits per heavy atom. The van der Waals surface area contributed by atoms with Gasteiger partial charge < -0.3 is 4.98 Å². The molecular weight excluding hydrogens is 256 g/mol. The molecule has 0 aliphatic carbocycles. The highest BCUT2D eigenvalue weighted by Crippen LogP contribution is 2.28. The first-order valence-corrected chi connectivity index (χ1v) is 7.11. The Kier molecular flexibility index (Phi) is 2.95. The molecule has 3 aromatic rings. The van der Waals surface area contributed by atoms with Gasteiger partial charge in [0, 0.05) is 5.56 Å². The summed E-state index contributed by atoms with van der Waals surface area (Å²) in [6.45, 7) is 4.18. The van der Waals surface area contributed by atoms with Crippen molar-refractivity contribution < 1.29 is 0 Å². The van der Waals surface area contributed by atoms with Crippen LogP contribution in [0, 0.1) is 0 Å². The summed E-state index contributed by atoms with van der Waals surface area (Å²) in [5.74, 6) is 0.967. The molecular formula is C15H14N2OS. The molecule has 4 heteroatoms. The summed E-state index contributed by atoms with van der Waals surface area (Å²) in [5.41, 5.74) is 1.96. The Hall–Kier alpha value is -1.94. The van der Waals surface area contributed by atoms with E-state index in [-0.39, 0.29) is 5.56 Å². The average Bonchev–Trinajstić information content (AvgIpc) is 2.84. The van der Waals surface area contributed by atoms with Crippen molar-refractivity contribution in [2.75, 3.05) is 0 Å². The van der Waals surface area contributed by atoms with Crippen LogP contribution in [0.3, 0.4) is 0 Å². The van der Waals surface area contributed by atoms with E-state index in [0.29, 0.717) is 11.7 Å². The summed E-state index contributed by atoms with van der Waals surface area (Å²) < 4.78 is 0. The lowest BCUT2D eigenvalue weighted by Crippen LogP contribution is -2.10. The predicted molar refractivity (Wildman–Crippen MR) is 79.8 cm³/mol. The van der Waals surface area contributed by atoms with Crippen molar-refractivity contribution in [2.24, 2.45) is 0 Å². The van der Waals surface area contributed by atoms with Gasteiger partial charge in [-0.3, -0.25) is 4.79 Å². The van der Waals surface area contributed by atoms with Crippen molar-refractivity contribution in [1.29, 1.82) is 0 Å². The topological polar surface area (TPSA) is 45.8 Å². The number of aromatic nitrogens is 2. The maximum Gasteiger partial charge on any atom is 0.260 e. The summed E-state index contributed by atoms with van der Waals surface area (Å²) in [7, 11) is 0. The van der Waals surface area contributed by atoms with Gasteiger partial charge in [0.1, 0.15) is 10.7 Å². The van der Waals surface area contributed by atoms with Crippen LogP contribution in [0.1, 0.15) is 25.3 Å². The number of thiophene rings is 1. The molecule has 0 radical (unpaired) electrons. The summed E-state index contributed by atoms with van der Waals surface area (Å²) >= 11 is 1.53. The lowest BCUT2D eigenvalue weighted by atomic mass is 10.0. The molecule has 0 saturated heterocycles. The third-order valence-corrected chi connectivity index (χ3v) is 4.03. The van der Waals surface area contributed by atoms with Gasteiger partial charge in [-0.1, -0.05) is 44.2 Å². The summed E-state index contributed by atoms with van der Waals surface area (Å²) in [5, 5.41) is 2.77. The van der Waals surface area contributed by atoms with Crippen LogP contribution in [-0.4, -0.2) is 9.97 Å². The first-order valence-electron chi connectivity index (χ1n) is 6.23. The zero-order valence-corrected chi connectivity index (χ0v) is 11.6. The SMILES string of the molecule is CC(C)c1csc2nc(-c3ccccc3)[nH]c(=O)c12. The Labute approximate surface area is 115 Å². The number of nitrogens with zero attached hydrogens (tertiary/aromatic N) is 1. The quantitative estimate of drug-likeness (QED) is 0.770. The molecule has 0 fully saturated rings. The van der Waals surface area contributed by atoms with Gasteiger partial charge in [0.05, 0.1) is 5.39 Å². The van der Waals surface area contributed by atoms with Gasteiger partial charge in [0.2, 0.25) is 0 Å². The number of rotatable bonds is 2.